The van der Waals surface area contributed by atoms with Gasteiger partial charge in [-0.05, 0) is 56.1 Å². The largest absolute Gasteiger partial charge is 0.508 e. The highest BCUT2D eigenvalue weighted by atomic mass is 16.3. The molecule has 0 unspecified atom stereocenters. The summed E-state index contributed by atoms with van der Waals surface area (Å²) in [5.41, 5.74) is 2.29. The molecule has 3 heteroatoms. The van der Waals surface area contributed by atoms with E-state index in [1.807, 2.05) is 12.1 Å². The fourth-order valence-corrected chi connectivity index (χ4v) is 3.87. The van der Waals surface area contributed by atoms with Gasteiger partial charge in [0.25, 0.3) is 0 Å². The van der Waals surface area contributed by atoms with Crippen LogP contribution in [-0.2, 0) is 11.8 Å². The molecule has 2 aliphatic rings. The van der Waals surface area contributed by atoms with E-state index in [1.165, 1.54) is 11.1 Å². The van der Waals surface area contributed by atoms with Crippen LogP contribution in [0.4, 0.5) is 0 Å². The number of phenolic OH excluding ortho intramolecular Hbond substituents is 1. The van der Waals surface area contributed by atoms with E-state index in [0.29, 0.717) is 5.75 Å². The van der Waals surface area contributed by atoms with Gasteiger partial charge in [0.05, 0.1) is 6.10 Å². The maximum absolute atomic E-state index is 10.7. The quantitative estimate of drug-likeness (QED) is 0.793. The molecule has 1 heterocycles. The van der Waals surface area contributed by atoms with Crippen molar-refractivity contribution < 1.29 is 10.2 Å². The van der Waals surface area contributed by atoms with E-state index in [0.717, 1.165) is 25.8 Å². The number of rotatable bonds is 1. The Bertz CT molecular complexity index is 474. The Labute approximate surface area is 108 Å². The van der Waals surface area contributed by atoms with Gasteiger partial charge in [-0.25, -0.2) is 0 Å². The first-order chi connectivity index (χ1) is 8.58. The average Bonchev–Trinajstić information content (AvgIpc) is 2.36. The summed E-state index contributed by atoms with van der Waals surface area (Å²) in [6.45, 7) is 3.16. The molecule has 0 saturated carbocycles. The van der Waals surface area contributed by atoms with E-state index >= 15 is 0 Å². The predicted molar refractivity (Wildman–Crippen MR) is 70.8 cm³/mol. The minimum Gasteiger partial charge on any atom is -0.508 e. The molecule has 3 atom stereocenters. The Morgan fingerprint density at radius 2 is 2.22 bits per heavy atom. The molecule has 0 aromatic heterocycles. The standard InChI is InChI=1S/C15H21NO2/c1-3-15-6-7-16(2)13(14(15)18)8-10-4-5-11(17)9-12(10)15/h4-5,9,13-14,17-18H,3,6-8H2,1-2H3/t13-,14+,15-/m0/s1. The summed E-state index contributed by atoms with van der Waals surface area (Å²) in [6.07, 6.45) is 2.45. The Balaban J connectivity index is 2.18. The third-order valence-electron chi connectivity index (χ3n) is 5.10. The number of nitrogens with zero attached hydrogens (tertiary/aromatic N) is 1. The number of phenols is 1. The van der Waals surface area contributed by atoms with Crippen molar-refractivity contribution in [2.45, 2.75) is 43.7 Å². The van der Waals surface area contributed by atoms with E-state index in [9.17, 15) is 10.2 Å². The monoisotopic (exact) mass is 247 g/mol. The second kappa shape index (κ2) is 3.97. The number of likely N-dealkylation sites (N-methyl/N-ethyl adjacent to an activating group) is 1. The van der Waals surface area contributed by atoms with Gasteiger partial charge in [-0.3, -0.25) is 0 Å². The molecule has 0 spiro atoms. The maximum atomic E-state index is 10.7. The molecule has 1 aliphatic carbocycles. The summed E-state index contributed by atoms with van der Waals surface area (Å²) >= 11 is 0. The number of likely N-dealkylation sites (tertiary alicyclic amines) is 1. The van der Waals surface area contributed by atoms with Crippen LogP contribution >= 0.6 is 0 Å². The summed E-state index contributed by atoms with van der Waals surface area (Å²) in [5.74, 6) is 0.311. The normalized spacial score (nSPS) is 35.3. The molecule has 18 heavy (non-hydrogen) atoms. The van der Waals surface area contributed by atoms with Gasteiger partial charge in [-0.15, -0.1) is 0 Å². The molecule has 0 radical (unpaired) electrons. The fourth-order valence-electron chi connectivity index (χ4n) is 3.87. The molecule has 3 rings (SSSR count). The molecule has 2 N–H and O–H groups in total. The second-order valence-corrected chi connectivity index (χ2v) is 5.80. The van der Waals surface area contributed by atoms with Crippen molar-refractivity contribution in [3.63, 3.8) is 0 Å². The van der Waals surface area contributed by atoms with Gasteiger partial charge in [0, 0.05) is 11.5 Å². The highest BCUT2D eigenvalue weighted by molar-refractivity contribution is 5.45. The lowest BCUT2D eigenvalue weighted by Gasteiger charge is -2.53. The molecule has 3 nitrogen and oxygen atoms in total. The van der Waals surface area contributed by atoms with Gasteiger partial charge >= 0.3 is 0 Å². The van der Waals surface area contributed by atoms with Gasteiger partial charge in [0.15, 0.2) is 0 Å². The minimum absolute atomic E-state index is 0.163. The van der Waals surface area contributed by atoms with Crippen molar-refractivity contribution in [2.75, 3.05) is 13.6 Å². The number of aromatic hydroxyl groups is 1. The average molecular weight is 247 g/mol. The van der Waals surface area contributed by atoms with Crippen molar-refractivity contribution in [3.05, 3.63) is 29.3 Å². The zero-order valence-electron chi connectivity index (χ0n) is 11.1. The van der Waals surface area contributed by atoms with Crippen LogP contribution in [0.5, 0.6) is 5.75 Å². The van der Waals surface area contributed by atoms with Crippen LogP contribution in [0.15, 0.2) is 18.2 Å². The summed E-state index contributed by atoms with van der Waals surface area (Å²) < 4.78 is 0. The van der Waals surface area contributed by atoms with E-state index in [-0.39, 0.29) is 17.6 Å². The molecule has 1 aromatic carbocycles. The van der Waals surface area contributed by atoms with Crippen molar-refractivity contribution in [3.8, 4) is 5.75 Å². The molecule has 1 saturated heterocycles. The summed E-state index contributed by atoms with van der Waals surface area (Å²) in [5, 5.41) is 20.5. The molecule has 1 fully saturated rings. The Hall–Kier alpha value is -1.06. The molecule has 1 aliphatic heterocycles. The third kappa shape index (κ3) is 1.44. The second-order valence-electron chi connectivity index (χ2n) is 5.80. The minimum atomic E-state index is -0.324. The Morgan fingerprint density at radius 1 is 1.44 bits per heavy atom. The number of aliphatic hydroxyl groups excluding tert-OH is 1. The first-order valence-electron chi connectivity index (χ1n) is 6.79. The lowest BCUT2D eigenvalue weighted by atomic mass is 9.60. The Kier molecular flexibility index (Phi) is 2.65. The van der Waals surface area contributed by atoms with Crippen molar-refractivity contribution in [1.29, 1.82) is 0 Å². The Morgan fingerprint density at radius 3 is 2.94 bits per heavy atom. The van der Waals surface area contributed by atoms with Gasteiger partial charge in [-0.1, -0.05) is 13.0 Å². The number of piperidine rings is 1. The molecule has 98 valence electrons. The SMILES string of the molecule is CC[C@]12CCN(C)[C@@H](Cc3ccc(O)cc31)[C@H]2O. The smallest absolute Gasteiger partial charge is 0.115 e. The van der Waals surface area contributed by atoms with Crippen LogP contribution in [0.3, 0.4) is 0 Å². The number of hydrogen-bond acceptors (Lipinski definition) is 3. The van der Waals surface area contributed by atoms with Gasteiger partial charge < -0.3 is 15.1 Å². The van der Waals surface area contributed by atoms with Crippen LogP contribution in [0.1, 0.15) is 30.9 Å². The van der Waals surface area contributed by atoms with Gasteiger partial charge in [-0.2, -0.15) is 0 Å². The first kappa shape index (κ1) is 12.0. The predicted octanol–water partition coefficient (Wildman–Crippen LogP) is 1.66. The lowest BCUT2D eigenvalue weighted by Crippen LogP contribution is -2.62. The van der Waals surface area contributed by atoms with Crippen molar-refractivity contribution in [1.82, 2.24) is 4.90 Å². The van der Waals surface area contributed by atoms with Crippen LogP contribution in [0.2, 0.25) is 0 Å². The lowest BCUT2D eigenvalue weighted by molar-refractivity contribution is -0.0496. The van der Waals surface area contributed by atoms with E-state index in [4.69, 9.17) is 0 Å². The molecule has 2 bridgehead atoms. The number of aliphatic hydroxyl groups is 1. The first-order valence-corrected chi connectivity index (χ1v) is 6.79. The van der Waals surface area contributed by atoms with Crippen LogP contribution in [-0.4, -0.2) is 40.9 Å². The van der Waals surface area contributed by atoms with Crippen molar-refractivity contribution >= 4 is 0 Å². The van der Waals surface area contributed by atoms with E-state index in [1.54, 1.807) is 6.07 Å². The molecule has 0 amide bonds. The summed E-state index contributed by atoms with van der Waals surface area (Å²) in [4.78, 5) is 2.27. The van der Waals surface area contributed by atoms with Crippen LogP contribution in [0, 0.1) is 0 Å². The number of hydrogen-bond donors (Lipinski definition) is 2. The fraction of sp³-hybridized carbons (Fsp3) is 0.600. The van der Waals surface area contributed by atoms with E-state index < -0.39 is 0 Å². The number of benzene rings is 1. The number of fused-ring (bicyclic) bond motifs is 4. The maximum Gasteiger partial charge on any atom is 0.115 e. The molecular formula is C15H21NO2. The summed E-state index contributed by atoms with van der Waals surface area (Å²) in [6, 6.07) is 5.86. The van der Waals surface area contributed by atoms with Gasteiger partial charge in [0.1, 0.15) is 5.75 Å². The zero-order valence-corrected chi connectivity index (χ0v) is 11.1. The van der Waals surface area contributed by atoms with Crippen LogP contribution in [0.25, 0.3) is 0 Å². The molecule has 1 aromatic rings. The third-order valence-corrected chi connectivity index (χ3v) is 5.10. The highest BCUT2D eigenvalue weighted by Gasteiger charge is 2.50. The van der Waals surface area contributed by atoms with Crippen molar-refractivity contribution in [2.24, 2.45) is 0 Å². The van der Waals surface area contributed by atoms with Gasteiger partial charge in [0.2, 0.25) is 0 Å². The zero-order chi connectivity index (χ0) is 12.9. The van der Waals surface area contributed by atoms with Crippen LogP contribution < -0.4 is 0 Å². The van der Waals surface area contributed by atoms with E-state index in [2.05, 4.69) is 18.9 Å². The highest BCUT2D eigenvalue weighted by Crippen LogP contribution is 2.47. The topological polar surface area (TPSA) is 43.7 Å². The summed E-state index contributed by atoms with van der Waals surface area (Å²) in [7, 11) is 2.10. The molecular weight excluding hydrogens is 226 g/mol.